The molecule has 0 fully saturated rings. The van der Waals surface area contributed by atoms with Gasteiger partial charge < -0.3 is 29.4 Å². The molecule has 3 aromatic rings. The van der Waals surface area contributed by atoms with Crippen LogP contribution in [0.2, 0.25) is 5.54 Å². The van der Waals surface area contributed by atoms with Gasteiger partial charge in [0.15, 0.2) is 8.07 Å². The molecule has 1 aliphatic carbocycles. The second-order valence-corrected chi connectivity index (χ2v) is 20.7. The van der Waals surface area contributed by atoms with E-state index in [4.69, 9.17) is 0 Å². The van der Waals surface area contributed by atoms with E-state index in [1.807, 2.05) is 0 Å². The first kappa shape index (κ1) is 40.9. The molecule has 0 aliphatic heterocycles. The molecule has 3 aromatic carbocycles. The summed E-state index contributed by atoms with van der Waals surface area (Å²) in [6, 6.07) is 7.47. The lowest BCUT2D eigenvalue weighted by molar-refractivity contribution is 1.04. The van der Waals surface area contributed by atoms with E-state index in [0.29, 0.717) is 0 Å². The summed E-state index contributed by atoms with van der Waals surface area (Å²) in [4.78, 5) is 14.3. The molecule has 0 saturated heterocycles. The van der Waals surface area contributed by atoms with Gasteiger partial charge in [0.2, 0.25) is 0 Å². The van der Waals surface area contributed by atoms with E-state index in [-0.39, 0.29) is 5.54 Å². The minimum atomic E-state index is -3.28. The highest BCUT2D eigenvalue weighted by Crippen LogP contribution is 2.52. The highest BCUT2D eigenvalue weighted by Gasteiger charge is 2.57. The third-order valence-electron chi connectivity index (χ3n) is 11.9. The molecule has 7 heteroatoms. The fourth-order valence-electron chi connectivity index (χ4n) is 10.2. The summed E-state index contributed by atoms with van der Waals surface area (Å²) in [6.45, 7) is 23.7. The van der Waals surface area contributed by atoms with Crippen LogP contribution in [0, 0.1) is 41.5 Å². The maximum Gasteiger partial charge on any atom is 0.168 e. The Balaban J connectivity index is 2.73. The Bertz CT molecular complexity index is 1750. The second kappa shape index (κ2) is 14.5. The van der Waals surface area contributed by atoms with E-state index in [0.717, 1.165) is 0 Å². The van der Waals surface area contributed by atoms with Gasteiger partial charge in [-0.1, -0.05) is 29.3 Å². The second-order valence-electron chi connectivity index (χ2n) is 17.0. The van der Waals surface area contributed by atoms with Crippen molar-refractivity contribution in [3.05, 3.63) is 73.9 Å². The lowest BCUT2D eigenvalue weighted by Gasteiger charge is -2.49. The molecule has 0 unspecified atom stereocenters. The summed E-state index contributed by atoms with van der Waals surface area (Å²) in [5.41, 5.74) is 22.0. The predicted molar refractivity (Wildman–Crippen MR) is 239 cm³/mol. The van der Waals surface area contributed by atoms with Crippen LogP contribution < -0.4 is 45.0 Å². The van der Waals surface area contributed by atoms with E-state index in [2.05, 4.69) is 201 Å². The molecule has 0 amide bonds. The van der Waals surface area contributed by atoms with Gasteiger partial charge in [-0.05, 0) is 129 Å². The van der Waals surface area contributed by atoms with Gasteiger partial charge in [-0.3, -0.25) is 0 Å². The fraction of sp³-hybridized carbons (Fsp3) is 0.511. The van der Waals surface area contributed by atoms with Crippen LogP contribution in [-0.4, -0.2) is 92.6 Å². The van der Waals surface area contributed by atoms with Crippen molar-refractivity contribution in [2.45, 2.75) is 74.8 Å². The summed E-state index contributed by atoms with van der Waals surface area (Å²) in [6.07, 6.45) is 0. The van der Waals surface area contributed by atoms with Crippen molar-refractivity contribution < 1.29 is 0 Å². The Morgan fingerprint density at radius 3 is 0.731 bits per heavy atom. The molecule has 0 radical (unpaired) electrons. The largest absolute Gasteiger partial charge is 0.376 e. The molecule has 0 N–H and O–H groups in total. The first-order chi connectivity index (χ1) is 24.0. The standard InChI is InChI=1S/C45H70N6Si/c1-26-23-29(4)42(39(49(17)18)36(26)46(11)12)52(45-34(9)32(7)33(8)35(45)10,43-30(5)24-27(2)37(47(13)14)40(43)50(19)20)44-31(6)25-28(3)38(48(15)16)41(44)51(21)22/h23-25,45H,1-22H3. The van der Waals surface area contributed by atoms with Gasteiger partial charge in [-0.25, -0.2) is 0 Å². The predicted octanol–water partition coefficient (Wildman–Crippen LogP) is 7.46. The summed E-state index contributed by atoms with van der Waals surface area (Å²) in [7, 11) is 23.6. The summed E-state index contributed by atoms with van der Waals surface area (Å²) < 4.78 is 0. The van der Waals surface area contributed by atoms with Gasteiger partial charge >= 0.3 is 0 Å². The van der Waals surface area contributed by atoms with Crippen molar-refractivity contribution in [2.75, 3.05) is 114 Å². The molecule has 6 nitrogen and oxygen atoms in total. The fourth-order valence-corrected chi connectivity index (χ4v) is 17.7. The molecule has 0 heterocycles. The number of benzene rings is 3. The van der Waals surface area contributed by atoms with Gasteiger partial charge in [0, 0.05) is 90.1 Å². The first-order valence-electron chi connectivity index (χ1n) is 18.8. The molecule has 4 rings (SSSR count). The molecule has 0 spiro atoms. The third kappa shape index (κ3) is 6.11. The van der Waals surface area contributed by atoms with Crippen molar-refractivity contribution in [3.8, 4) is 0 Å². The van der Waals surface area contributed by atoms with E-state index in [1.165, 1.54) is 105 Å². The van der Waals surface area contributed by atoms with Crippen molar-refractivity contribution >= 4 is 57.8 Å². The van der Waals surface area contributed by atoms with E-state index in [1.54, 1.807) is 0 Å². The van der Waals surface area contributed by atoms with Crippen LogP contribution >= 0.6 is 0 Å². The van der Waals surface area contributed by atoms with Crippen LogP contribution in [0.3, 0.4) is 0 Å². The van der Waals surface area contributed by atoms with Crippen molar-refractivity contribution in [1.82, 2.24) is 0 Å². The Hall–Kier alpha value is -3.84. The minimum Gasteiger partial charge on any atom is -0.376 e. The molecule has 284 valence electrons. The highest BCUT2D eigenvalue weighted by atomic mass is 28.3. The molecular weight excluding hydrogens is 653 g/mol. The smallest absolute Gasteiger partial charge is 0.168 e. The Kier molecular flexibility index (Phi) is 11.4. The average molecular weight is 723 g/mol. The number of hydrogen-bond acceptors (Lipinski definition) is 6. The van der Waals surface area contributed by atoms with Crippen LogP contribution in [-0.2, 0) is 0 Å². The van der Waals surface area contributed by atoms with Gasteiger partial charge in [0.05, 0.1) is 34.1 Å². The van der Waals surface area contributed by atoms with Crippen LogP contribution in [0.25, 0.3) is 0 Å². The minimum absolute atomic E-state index is 0.188. The molecule has 0 atom stereocenters. The number of aryl methyl sites for hydroxylation is 6. The van der Waals surface area contributed by atoms with E-state index >= 15 is 0 Å². The zero-order valence-electron chi connectivity index (χ0n) is 37.0. The average Bonchev–Trinajstić information content (AvgIpc) is 3.19. The van der Waals surface area contributed by atoms with E-state index in [9.17, 15) is 0 Å². The lowest BCUT2D eigenvalue weighted by Crippen LogP contribution is -2.74. The molecule has 0 bridgehead atoms. The number of nitrogens with zero attached hydrogens (tertiary/aromatic N) is 6. The summed E-state index contributed by atoms with van der Waals surface area (Å²) in [5.74, 6) is 0. The summed E-state index contributed by atoms with van der Waals surface area (Å²) >= 11 is 0. The maximum atomic E-state index is 2.49. The zero-order valence-corrected chi connectivity index (χ0v) is 38.0. The molecule has 0 aromatic heterocycles. The number of anilines is 6. The van der Waals surface area contributed by atoms with Gasteiger partial charge in [0.1, 0.15) is 0 Å². The summed E-state index contributed by atoms with van der Waals surface area (Å²) in [5, 5.41) is 4.53. The molecule has 1 aliphatic rings. The van der Waals surface area contributed by atoms with Crippen LogP contribution in [0.1, 0.15) is 61.1 Å². The number of allylic oxidation sites excluding steroid dienone is 4. The molecule has 0 saturated carbocycles. The molecular formula is C45H70N6Si. The van der Waals surface area contributed by atoms with Crippen LogP contribution in [0.5, 0.6) is 0 Å². The number of hydrogen-bond donors (Lipinski definition) is 0. The van der Waals surface area contributed by atoms with Gasteiger partial charge in [-0.15, -0.1) is 0 Å². The van der Waals surface area contributed by atoms with Crippen molar-refractivity contribution in [1.29, 1.82) is 0 Å². The van der Waals surface area contributed by atoms with Gasteiger partial charge in [-0.2, -0.15) is 0 Å². The van der Waals surface area contributed by atoms with Crippen LogP contribution in [0.4, 0.5) is 34.1 Å². The van der Waals surface area contributed by atoms with Gasteiger partial charge in [0.25, 0.3) is 0 Å². The lowest BCUT2D eigenvalue weighted by atomic mass is 10.1. The Morgan fingerprint density at radius 1 is 0.327 bits per heavy atom. The quantitative estimate of drug-likeness (QED) is 0.159. The number of rotatable bonds is 10. The highest BCUT2D eigenvalue weighted by molar-refractivity contribution is 7.16. The normalized spacial score (nSPS) is 13.7. The van der Waals surface area contributed by atoms with Crippen LogP contribution in [0.15, 0.2) is 40.5 Å². The Labute approximate surface area is 319 Å². The molecule has 52 heavy (non-hydrogen) atoms. The monoisotopic (exact) mass is 723 g/mol. The maximum absolute atomic E-state index is 3.28. The topological polar surface area (TPSA) is 19.4 Å². The first-order valence-corrected chi connectivity index (χ1v) is 20.9. The van der Waals surface area contributed by atoms with E-state index < -0.39 is 8.07 Å². The Morgan fingerprint density at radius 2 is 0.538 bits per heavy atom. The van der Waals surface area contributed by atoms with Crippen molar-refractivity contribution in [3.63, 3.8) is 0 Å². The zero-order chi connectivity index (χ0) is 39.6. The SMILES string of the molecule is CC1=C(C)C([Si](c2c(C)cc(C)c(N(C)C)c2N(C)C)(c2c(C)cc(C)c(N(C)C)c2N(C)C)c2c(C)cc(C)c(N(C)C)c2N(C)C)C(C)=C1C. The van der Waals surface area contributed by atoms with Crippen molar-refractivity contribution in [2.24, 2.45) is 0 Å². The third-order valence-corrected chi connectivity index (χ3v) is 17.9.